The van der Waals surface area contributed by atoms with E-state index in [1.54, 1.807) is 0 Å². The molecule has 72 valence electrons. The van der Waals surface area contributed by atoms with Gasteiger partial charge in [-0.15, -0.1) is 0 Å². The molecule has 0 aromatic carbocycles. The van der Waals surface area contributed by atoms with Crippen LogP contribution in [0, 0.1) is 6.92 Å². The van der Waals surface area contributed by atoms with Gasteiger partial charge >= 0.3 is 5.97 Å². The molecule has 0 aliphatic carbocycles. The molecule has 0 fully saturated rings. The van der Waals surface area contributed by atoms with Gasteiger partial charge in [0.1, 0.15) is 0 Å². The summed E-state index contributed by atoms with van der Waals surface area (Å²) in [6.45, 7) is 5.77. The second kappa shape index (κ2) is 3.54. The van der Waals surface area contributed by atoms with Gasteiger partial charge in [0, 0.05) is 11.4 Å². The average Bonchev–Trinajstić information content (AvgIpc) is 2.28. The summed E-state index contributed by atoms with van der Waals surface area (Å²) >= 11 is 3.26. The Hall–Kier alpha value is -0.770. The smallest absolute Gasteiger partial charge is 0.338 e. The highest BCUT2D eigenvalue weighted by atomic mass is 79.9. The fraction of sp³-hybridized carbons (Fsp3) is 0.444. The number of H-pyrrole nitrogens is 1. The average molecular weight is 246 g/mol. The van der Waals surface area contributed by atoms with Crippen molar-refractivity contribution in [1.82, 2.24) is 4.98 Å². The van der Waals surface area contributed by atoms with Crippen LogP contribution in [0.15, 0.2) is 4.47 Å². The molecule has 2 N–H and O–H groups in total. The van der Waals surface area contributed by atoms with Gasteiger partial charge in [0.05, 0.1) is 10.0 Å². The number of carbonyl (C=O) groups is 1. The molecular weight excluding hydrogens is 234 g/mol. The number of aryl methyl sites for hydroxylation is 1. The topological polar surface area (TPSA) is 53.1 Å². The van der Waals surface area contributed by atoms with Crippen LogP contribution < -0.4 is 0 Å². The van der Waals surface area contributed by atoms with E-state index in [1.165, 1.54) is 0 Å². The third kappa shape index (κ3) is 1.77. The summed E-state index contributed by atoms with van der Waals surface area (Å²) in [6.07, 6.45) is 0. The Bertz CT molecular complexity index is 342. The van der Waals surface area contributed by atoms with E-state index in [9.17, 15) is 4.79 Å². The summed E-state index contributed by atoms with van der Waals surface area (Å²) in [6, 6.07) is 0. The molecule has 4 heteroatoms. The van der Waals surface area contributed by atoms with Crippen molar-refractivity contribution in [2.45, 2.75) is 26.7 Å². The number of hydrogen-bond acceptors (Lipinski definition) is 1. The first kappa shape index (κ1) is 10.3. The van der Waals surface area contributed by atoms with Crippen molar-refractivity contribution in [3.8, 4) is 0 Å². The van der Waals surface area contributed by atoms with Crippen LogP contribution in [0.3, 0.4) is 0 Å². The summed E-state index contributed by atoms with van der Waals surface area (Å²) in [4.78, 5) is 14.0. The highest BCUT2D eigenvalue weighted by Gasteiger charge is 2.20. The number of aromatic nitrogens is 1. The summed E-state index contributed by atoms with van der Waals surface area (Å²) < 4.78 is 0.656. The minimum Gasteiger partial charge on any atom is -0.478 e. The minimum atomic E-state index is -0.889. The monoisotopic (exact) mass is 245 g/mol. The van der Waals surface area contributed by atoms with E-state index in [0.717, 1.165) is 11.4 Å². The van der Waals surface area contributed by atoms with E-state index in [1.807, 2.05) is 20.8 Å². The van der Waals surface area contributed by atoms with E-state index in [2.05, 4.69) is 20.9 Å². The van der Waals surface area contributed by atoms with Crippen molar-refractivity contribution in [3.05, 3.63) is 21.4 Å². The largest absolute Gasteiger partial charge is 0.478 e. The van der Waals surface area contributed by atoms with Gasteiger partial charge in [-0.2, -0.15) is 0 Å². The maximum absolute atomic E-state index is 10.9. The van der Waals surface area contributed by atoms with E-state index in [0.29, 0.717) is 10.0 Å². The third-order valence-corrected chi connectivity index (χ3v) is 2.92. The first-order valence-corrected chi connectivity index (χ1v) is 4.85. The number of rotatable bonds is 2. The van der Waals surface area contributed by atoms with Gasteiger partial charge in [0.15, 0.2) is 0 Å². The Morgan fingerprint density at radius 3 is 2.38 bits per heavy atom. The lowest BCUT2D eigenvalue weighted by atomic mass is 10.1. The fourth-order valence-corrected chi connectivity index (χ4v) is 1.75. The number of aromatic amines is 1. The first-order chi connectivity index (χ1) is 5.95. The Labute approximate surface area is 85.3 Å². The molecule has 1 rings (SSSR count). The second-order valence-electron chi connectivity index (χ2n) is 3.31. The molecule has 0 amide bonds. The predicted molar refractivity (Wildman–Crippen MR) is 54.3 cm³/mol. The summed E-state index contributed by atoms with van der Waals surface area (Å²) in [5, 5.41) is 8.96. The van der Waals surface area contributed by atoms with Crippen molar-refractivity contribution in [2.75, 3.05) is 0 Å². The SMILES string of the molecule is Cc1[nH]c(C(C)C)c(C(=O)O)c1Br. The fourth-order valence-electron chi connectivity index (χ4n) is 1.27. The van der Waals surface area contributed by atoms with Crippen molar-refractivity contribution in [3.63, 3.8) is 0 Å². The Morgan fingerprint density at radius 1 is 1.54 bits per heavy atom. The molecule has 3 nitrogen and oxygen atoms in total. The van der Waals surface area contributed by atoms with Crippen molar-refractivity contribution in [1.29, 1.82) is 0 Å². The molecule has 1 aromatic heterocycles. The Kier molecular flexibility index (Phi) is 2.81. The molecule has 1 heterocycles. The molecule has 0 spiro atoms. The number of halogens is 1. The van der Waals surface area contributed by atoms with Crippen LogP contribution in [0.5, 0.6) is 0 Å². The van der Waals surface area contributed by atoms with Crippen LogP contribution in [0.2, 0.25) is 0 Å². The molecule has 1 aromatic rings. The Balaban J connectivity index is 3.35. The van der Waals surface area contributed by atoms with Gasteiger partial charge in [0.2, 0.25) is 0 Å². The lowest BCUT2D eigenvalue weighted by molar-refractivity contribution is 0.0694. The maximum atomic E-state index is 10.9. The van der Waals surface area contributed by atoms with Crippen LogP contribution in [0.1, 0.15) is 41.5 Å². The van der Waals surface area contributed by atoms with Crippen LogP contribution in [0.25, 0.3) is 0 Å². The standard InChI is InChI=1S/C9H12BrNO2/c1-4(2)8-6(9(12)13)7(10)5(3)11-8/h4,11H,1-3H3,(H,12,13). The normalized spacial score (nSPS) is 10.8. The van der Waals surface area contributed by atoms with Gasteiger partial charge in [0.25, 0.3) is 0 Å². The highest BCUT2D eigenvalue weighted by Crippen LogP contribution is 2.29. The van der Waals surface area contributed by atoms with Crippen LogP contribution in [-0.2, 0) is 0 Å². The zero-order valence-corrected chi connectivity index (χ0v) is 9.40. The van der Waals surface area contributed by atoms with E-state index < -0.39 is 5.97 Å². The van der Waals surface area contributed by atoms with Gasteiger partial charge in [-0.1, -0.05) is 13.8 Å². The zero-order valence-electron chi connectivity index (χ0n) is 7.81. The number of carboxylic acid groups (broad SMARTS) is 1. The number of aromatic carboxylic acids is 1. The number of carboxylic acids is 1. The molecule has 0 atom stereocenters. The van der Waals surface area contributed by atoms with Gasteiger partial charge in [-0.3, -0.25) is 0 Å². The quantitative estimate of drug-likeness (QED) is 0.842. The summed E-state index contributed by atoms with van der Waals surface area (Å²) in [5.74, 6) is -0.698. The van der Waals surface area contributed by atoms with Gasteiger partial charge in [-0.25, -0.2) is 4.79 Å². The molecule has 0 bridgehead atoms. The van der Waals surface area contributed by atoms with Crippen molar-refractivity contribution < 1.29 is 9.90 Å². The van der Waals surface area contributed by atoms with Crippen LogP contribution >= 0.6 is 15.9 Å². The van der Waals surface area contributed by atoms with Crippen molar-refractivity contribution in [2.24, 2.45) is 0 Å². The zero-order chi connectivity index (χ0) is 10.2. The molecule has 0 unspecified atom stereocenters. The maximum Gasteiger partial charge on any atom is 0.338 e. The molecular formula is C9H12BrNO2. The first-order valence-electron chi connectivity index (χ1n) is 4.06. The second-order valence-corrected chi connectivity index (χ2v) is 4.11. The number of nitrogens with one attached hydrogen (secondary N) is 1. The molecule has 13 heavy (non-hydrogen) atoms. The van der Waals surface area contributed by atoms with E-state index in [-0.39, 0.29) is 5.92 Å². The molecule has 0 radical (unpaired) electrons. The molecule has 0 saturated heterocycles. The van der Waals surface area contributed by atoms with Gasteiger partial charge in [-0.05, 0) is 28.8 Å². The molecule has 0 aliphatic heterocycles. The summed E-state index contributed by atoms with van der Waals surface area (Å²) in [7, 11) is 0. The van der Waals surface area contributed by atoms with E-state index in [4.69, 9.17) is 5.11 Å². The minimum absolute atomic E-state index is 0.191. The van der Waals surface area contributed by atoms with Crippen LogP contribution in [0.4, 0.5) is 0 Å². The predicted octanol–water partition coefficient (Wildman–Crippen LogP) is 2.91. The third-order valence-electron chi connectivity index (χ3n) is 1.93. The van der Waals surface area contributed by atoms with E-state index >= 15 is 0 Å². The van der Waals surface area contributed by atoms with Crippen LogP contribution in [-0.4, -0.2) is 16.1 Å². The Morgan fingerprint density at radius 2 is 2.08 bits per heavy atom. The molecule has 0 saturated carbocycles. The van der Waals surface area contributed by atoms with Gasteiger partial charge < -0.3 is 10.1 Å². The van der Waals surface area contributed by atoms with Crippen molar-refractivity contribution >= 4 is 21.9 Å². The number of hydrogen-bond donors (Lipinski definition) is 2. The lowest BCUT2D eigenvalue weighted by Crippen LogP contribution is -2.02. The lowest BCUT2D eigenvalue weighted by Gasteiger charge is -2.03. The highest BCUT2D eigenvalue weighted by molar-refractivity contribution is 9.10. The summed E-state index contributed by atoms with van der Waals surface area (Å²) in [5.41, 5.74) is 1.99. The molecule has 0 aliphatic rings.